The minimum absolute atomic E-state index is 0.556. The van der Waals surface area contributed by atoms with Gasteiger partial charge in [-0.25, -0.2) is 4.98 Å². The molecule has 90 valence electrons. The number of aryl methyl sites for hydroxylation is 1. The van der Waals surface area contributed by atoms with Gasteiger partial charge in [0, 0.05) is 5.38 Å². The molecule has 0 spiro atoms. The van der Waals surface area contributed by atoms with Gasteiger partial charge in [-0.2, -0.15) is 0 Å². The first-order valence-corrected chi connectivity index (χ1v) is 7.56. The molecule has 0 bridgehead atoms. The summed E-state index contributed by atoms with van der Waals surface area (Å²) in [6.45, 7) is 2.73. The van der Waals surface area contributed by atoms with E-state index in [1.165, 1.54) is 5.01 Å². The van der Waals surface area contributed by atoms with Gasteiger partial charge in [-0.05, 0) is 47.6 Å². The number of benzene rings is 1. The van der Waals surface area contributed by atoms with Gasteiger partial charge in [-0.15, -0.1) is 11.3 Å². The molecule has 0 aliphatic heterocycles. The summed E-state index contributed by atoms with van der Waals surface area (Å²) in [6.07, 6.45) is 2.21. The predicted octanol–water partition coefficient (Wildman–Crippen LogP) is 4.28. The second-order valence-electron chi connectivity index (χ2n) is 3.70. The van der Waals surface area contributed by atoms with E-state index in [4.69, 9.17) is 4.74 Å². The van der Waals surface area contributed by atoms with Crippen molar-refractivity contribution in [1.29, 1.82) is 0 Å². The van der Waals surface area contributed by atoms with Crippen LogP contribution in [-0.2, 0) is 13.0 Å². The van der Waals surface area contributed by atoms with E-state index in [1.807, 2.05) is 24.3 Å². The molecule has 0 saturated carbocycles. The molecule has 2 aromatic rings. The summed E-state index contributed by atoms with van der Waals surface area (Å²) >= 11 is 4.00. The molecule has 0 atom stereocenters. The number of thiazole rings is 1. The molecule has 0 fully saturated rings. The molecule has 17 heavy (non-hydrogen) atoms. The smallest absolute Gasteiger partial charge is 0.133 e. The lowest BCUT2D eigenvalue weighted by atomic mass is 10.3. The summed E-state index contributed by atoms with van der Waals surface area (Å²) in [5.41, 5.74) is 1.03. The maximum absolute atomic E-state index is 5.75. The topological polar surface area (TPSA) is 22.1 Å². The highest BCUT2D eigenvalue weighted by molar-refractivity contribution is 14.1. The molecule has 2 rings (SSSR count). The van der Waals surface area contributed by atoms with E-state index in [2.05, 4.69) is 39.9 Å². The van der Waals surface area contributed by atoms with E-state index >= 15 is 0 Å². The normalized spacial score (nSPS) is 10.5. The summed E-state index contributed by atoms with van der Waals surface area (Å²) in [6, 6.07) is 8.03. The van der Waals surface area contributed by atoms with Crippen LogP contribution in [0.4, 0.5) is 0 Å². The van der Waals surface area contributed by atoms with Crippen molar-refractivity contribution in [3.8, 4) is 5.75 Å². The van der Waals surface area contributed by atoms with Crippen molar-refractivity contribution in [3.05, 3.63) is 43.9 Å². The van der Waals surface area contributed by atoms with Gasteiger partial charge >= 0.3 is 0 Å². The lowest BCUT2D eigenvalue weighted by Gasteiger charge is -2.05. The van der Waals surface area contributed by atoms with Gasteiger partial charge in [0.1, 0.15) is 12.4 Å². The van der Waals surface area contributed by atoms with Gasteiger partial charge in [0.05, 0.1) is 14.3 Å². The Balaban J connectivity index is 1.95. The Morgan fingerprint density at radius 2 is 2.18 bits per heavy atom. The molecule has 0 saturated heterocycles. The van der Waals surface area contributed by atoms with Crippen LogP contribution in [0.15, 0.2) is 29.6 Å². The van der Waals surface area contributed by atoms with Crippen LogP contribution < -0.4 is 4.74 Å². The van der Waals surface area contributed by atoms with Crippen molar-refractivity contribution < 1.29 is 4.74 Å². The minimum Gasteiger partial charge on any atom is -0.486 e. The number of hydrogen-bond acceptors (Lipinski definition) is 3. The monoisotopic (exact) mass is 359 g/mol. The van der Waals surface area contributed by atoms with Gasteiger partial charge in [-0.1, -0.05) is 19.1 Å². The first-order chi connectivity index (χ1) is 8.29. The number of aromatic nitrogens is 1. The Kier molecular flexibility index (Phi) is 4.79. The lowest BCUT2D eigenvalue weighted by Crippen LogP contribution is -1.97. The van der Waals surface area contributed by atoms with Gasteiger partial charge < -0.3 is 4.74 Å². The second-order valence-corrected chi connectivity index (χ2v) is 5.81. The van der Waals surface area contributed by atoms with E-state index in [0.29, 0.717) is 6.61 Å². The first-order valence-electron chi connectivity index (χ1n) is 5.60. The number of ether oxygens (including phenoxy) is 1. The molecule has 0 aliphatic rings. The number of rotatable bonds is 5. The molecule has 1 aromatic carbocycles. The quantitative estimate of drug-likeness (QED) is 0.744. The molecule has 0 aliphatic carbocycles. The highest BCUT2D eigenvalue weighted by atomic mass is 127. The number of nitrogens with zero attached hydrogens (tertiary/aromatic N) is 1. The number of para-hydroxylation sites is 1. The highest BCUT2D eigenvalue weighted by Gasteiger charge is 2.04. The Morgan fingerprint density at radius 1 is 1.35 bits per heavy atom. The molecule has 4 heteroatoms. The molecule has 1 heterocycles. The molecular formula is C13H14INOS. The van der Waals surface area contributed by atoms with Crippen LogP contribution >= 0.6 is 33.9 Å². The highest BCUT2D eigenvalue weighted by Crippen LogP contribution is 2.21. The third kappa shape index (κ3) is 3.67. The third-order valence-corrected chi connectivity index (χ3v) is 4.12. The molecule has 0 N–H and O–H groups in total. The Morgan fingerprint density at radius 3 is 2.94 bits per heavy atom. The summed E-state index contributed by atoms with van der Waals surface area (Å²) in [7, 11) is 0. The number of hydrogen-bond donors (Lipinski definition) is 0. The zero-order valence-electron chi connectivity index (χ0n) is 9.65. The molecule has 0 unspecified atom stereocenters. The van der Waals surface area contributed by atoms with Gasteiger partial charge in [0.15, 0.2) is 0 Å². The van der Waals surface area contributed by atoms with Crippen molar-refractivity contribution >= 4 is 33.9 Å². The average Bonchev–Trinajstić information content (AvgIpc) is 2.76. The average molecular weight is 359 g/mol. The van der Waals surface area contributed by atoms with Crippen LogP contribution in [-0.4, -0.2) is 4.98 Å². The first kappa shape index (κ1) is 12.8. The third-order valence-electron chi connectivity index (χ3n) is 2.28. The molecule has 0 amide bonds. The van der Waals surface area contributed by atoms with E-state index < -0.39 is 0 Å². The van der Waals surface area contributed by atoms with Crippen molar-refractivity contribution in [2.24, 2.45) is 0 Å². The summed E-state index contributed by atoms with van der Waals surface area (Å²) in [5.74, 6) is 0.929. The zero-order valence-corrected chi connectivity index (χ0v) is 12.6. The lowest BCUT2D eigenvalue weighted by molar-refractivity contribution is 0.299. The molecule has 2 nitrogen and oxygen atoms in total. The van der Waals surface area contributed by atoms with Crippen molar-refractivity contribution in [2.75, 3.05) is 0 Å². The van der Waals surface area contributed by atoms with E-state index in [0.717, 1.165) is 27.9 Å². The van der Waals surface area contributed by atoms with Gasteiger partial charge in [-0.3, -0.25) is 0 Å². The van der Waals surface area contributed by atoms with Crippen LogP contribution in [0.1, 0.15) is 24.0 Å². The van der Waals surface area contributed by atoms with Crippen molar-refractivity contribution in [2.45, 2.75) is 26.4 Å². The van der Waals surface area contributed by atoms with Crippen molar-refractivity contribution in [1.82, 2.24) is 4.98 Å². The van der Waals surface area contributed by atoms with Crippen molar-refractivity contribution in [3.63, 3.8) is 0 Å². The van der Waals surface area contributed by atoms with Crippen LogP contribution in [0.5, 0.6) is 5.75 Å². The molecular weight excluding hydrogens is 345 g/mol. The van der Waals surface area contributed by atoms with Crippen LogP contribution in [0.2, 0.25) is 0 Å². The maximum atomic E-state index is 5.75. The maximum Gasteiger partial charge on any atom is 0.133 e. The van der Waals surface area contributed by atoms with Crippen LogP contribution in [0, 0.1) is 3.57 Å². The SMILES string of the molecule is CCCc1nc(COc2ccccc2I)cs1. The van der Waals surface area contributed by atoms with E-state index in [9.17, 15) is 0 Å². The standard InChI is InChI=1S/C13H14INOS/c1-2-5-13-15-10(9-17-13)8-16-12-7-4-3-6-11(12)14/h3-4,6-7,9H,2,5,8H2,1H3. The number of halogens is 1. The zero-order chi connectivity index (χ0) is 12.1. The van der Waals surface area contributed by atoms with E-state index in [1.54, 1.807) is 11.3 Å². The molecule has 0 radical (unpaired) electrons. The summed E-state index contributed by atoms with van der Waals surface area (Å²) in [5, 5.41) is 3.29. The predicted molar refractivity (Wildman–Crippen MR) is 79.6 cm³/mol. The second kappa shape index (κ2) is 6.35. The van der Waals surface area contributed by atoms with Gasteiger partial charge in [0.2, 0.25) is 0 Å². The fourth-order valence-corrected chi connectivity index (χ4v) is 2.89. The van der Waals surface area contributed by atoms with Gasteiger partial charge in [0.25, 0.3) is 0 Å². The Labute approximate surface area is 119 Å². The fraction of sp³-hybridized carbons (Fsp3) is 0.308. The van der Waals surface area contributed by atoms with Crippen LogP contribution in [0.3, 0.4) is 0 Å². The fourth-order valence-electron chi connectivity index (χ4n) is 1.46. The molecule has 1 aromatic heterocycles. The van der Waals surface area contributed by atoms with E-state index in [-0.39, 0.29) is 0 Å². The summed E-state index contributed by atoms with van der Waals surface area (Å²) < 4.78 is 6.88. The minimum atomic E-state index is 0.556. The summed E-state index contributed by atoms with van der Waals surface area (Å²) in [4.78, 5) is 4.54. The Bertz CT molecular complexity index is 484. The van der Waals surface area contributed by atoms with Crippen LogP contribution in [0.25, 0.3) is 0 Å². The Hall–Kier alpha value is -0.620. The largest absolute Gasteiger partial charge is 0.486 e.